The Kier molecular flexibility index (Phi) is 10.5. The van der Waals surface area contributed by atoms with E-state index in [9.17, 15) is 22.8 Å². The summed E-state index contributed by atoms with van der Waals surface area (Å²) in [5.74, 6) is -2.99. The Morgan fingerprint density at radius 1 is 1.19 bits per heavy atom. The van der Waals surface area contributed by atoms with Crippen LogP contribution in [0.25, 0.3) is 0 Å². The Bertz CT molecular complexity index is 983. The molecule has 198 valence electrons. The molecule has 8 nitrogen and oxygen atoms in total. The van der Waals surface area contributed by atoms with Gasteiger partial charge in [0.05, 0.1) is 43.5 Å². The topological polar surface area (TPSA) is 87.2 Å². The number of esters is 2. The number of ether oxygens (including phenoxy) is 4. The number of benzene rings is 1. The van der Waals surface area contributed by atoms with E-state index in [0.717, 1.165) is 34.9 Å². The number of carbonyl (C=O) groups is 2. The van der Waals surface area contributed by atoms with Gasteiger partial charge >= 0.3 is 18.1 Å². The molecule has 1 unspecified atom stereocenters. The van der Waals surface area contributed by atoms with E-state index in [4.69, 9.17) is 14.2 Å². The van der Waals surface area contributed by atoms with Crippen LogP contribution in [-0.4, -0.2) is 67.5 Å². The van der Waals surface area contributed by atoms with E-state index in [2.05, 4.69) is 16.6 Å². The van der Waals surface area contributed by atoms with Crippen molar-refractivity contribution in [1.82, 2.24) is 9.88 Å². The van der Waals surface area contributed by atoms with E-state index < -0.39 is 18.1 Å². The summed E-state index contributed by atoms with van der Waals surface area (Å²) in [4.78, 5) is 28.5. The van der Waals surface area contributed by atoms with Gasteiger partial charge in [0.25, 0.3) is 0 Å². The van der Waals surface area contributed by atoms with Crippen LogP contribution in [0.4, 0.5) is 13.2 Å². The van der Waals surface area contributed by atoms with Crippen molar-refractivity contribution in [3.05, 3.63) is 41.0 Å². The van der Waals surface area contributed by atoms with Crippen LogP contribution in [-0.2, 0) is 25.5 Å². The number of hydrogen-bond donors (Lipinski definition) is 0. The van der Waals surface area contributed by atoms with E-state index in [-0.39, 0.29) is 19.1 Å². The van der Waals surface area contributed by atoms with Gasteiger partial charge in [0.2, 0.25) is 0 Å². The third kappa shape index (κ3) is 9.07. The summed E-state index contributed by atoms with van der Waals surface area (Å²) in [7, 11) is 0. The molecule has 1 fully saturated rings. The molecule has 3 rings (SSSR count). The fraction of sp³-hybridized carbons (Fsp3) is 0.542. The Labute approximate surface area is 211 Å². The number of alkyl halides is 3. The molecule has 1 aromatic carbocycles. The lowest BCUT2D eigenvalue weighted by Crippen LogP contribution is -2.39. The maximum atomic E-state index is 12.2. The highest BCUT2D eigenvalue weighted by atomic mass is 32.1. The van der Waals surface area contributed by atoms with Crippen molar-refractivity contribution in [2.45, 2.75) is 44.9 Å². The SMILES string of the molecule is CCCc1ncc(OCCCOc2ccc(C3CN(CCC(=O)OC(=O)C(F)(F)F)CCO3)cc2)s1. The smallest absolute Gasteiger partial charge is 0.491 e. The van der Waals surface area contributed by atoms with Crippen molar-refractivity contribution in [3.8, 4) is 10.8 Å². The molecule has 0 N–H and O–H groups in total. The van der Waals surface area contributed by atoms with Crippen molar-refractivity contribution in [1.29, 1.82) is 0 Å². The van der Waals surface area contributed by atoms with Crippen LogP contribution < -0.4 is 9.47 Å². The number of hydrogen-bond acceptors (Lipinski definition) is 9. The highest BCUT2D eigenvalue weighted by molar-refractivity contribution is 7.13. The van der Waals surface area contributed by atoms with Gasteiger partial charge in [0, 0.05) is 26.1 Å². The molecular weight excluding hydrogens is 501 g/mol. The molecule has 2 heterocycles. The lowest BCUT2D eigenvalue weighted by atomic mass is 10.1. The highest BCUT2D eigenvalue weighted by Gasteiger charge is 2.42. The number of rotatable bonds is 12. The summed E-state index contributed by atoms with van der Waals surface area (Å²) >= 11 is 1.57. The van der Waals surface area contributed by atoms with Gasteiger partial charge in [-0.05, 0) is 30.5 Å². The van der Waals surface area contributed by atoms with Crippen molar-refractivity contribution < 1.29 is 41.7 Å². The number of thiazole rings is 1. The van der Waals surface area contributed by atoms with Crippen LogP contribution in [0.15, 0.2) is 30.5 Å². The molecule has 1 aromatic heterocycles. The molecule has 0 saturated carbocycles. The maximum absolute atomic E-state index is 12.2. The fourth-order valence-corrected chi connectivity index (χ4v) is 4.35. The summed E-state index contributed by atoms with van der Waals surface area (Å²) in [6.07, 6.45) is -1.29. The third-order valence-electron chi connectivity index (χ3n) is 5.27. The Morgan fingerprint density at radius 2 is 1.94 bits per heavy atom. The van der Waals surface area contributed by atoms with E-state index in [1.54, 1.807) is 17.5 Å². The van der Waals surface area contributed by atoms with Gasteiger partial charge in [0.15, 0.2) is 5.06 Å². The first-order valence-corrected chi connectivity index (χ1v) is 12.5. The summed E-state index contributed by atoms with van der Waals surface area (Å²) in [6.45, 7) is 4.68. The molecule has 0 spiro atoms. The Morgan fingerprint density at radius 3 is 2.67 bits per heavy atom. The lowest BCUT2D eigenvalue weighted by molar-refractivity contribution is -0.202. The molecule has 1 aliphatic heterocycles. The predicted molar refractivity (Wildman–Crippen MR) is 125 cm³/mol. The zero-order valence-corrected chi connectivity index (χ0v) is 20.7. The van der Waals surface area contributed by atoms with E-state index in [1.165, 1.54) is 0 Å². The van der Waals surface area contributed by atoms with Gasteiger partial charge in [-0.3, -0.25) is 9.69 Å². The van der Waals surface area contributed by atoms with Crippen LogP contribution in [0.1, 0.15) is 42.9 Å². The zero-order valence-electron chi connectivity index (χ0n) is 19.9. The zero-order chi connectivity index (χ0) is 26.0. The van der Waals surface area contributed by atoms with Gasteiger partial charge in [-0.25, -0.2) is 9.78 Å². The second-order valence-electron chi connectivity index (χ2n) is 8.11. The first kappa shape index (κ1) is 27.9. The molecule has 1 saturated heterocycles. The molecular formula is C24H29F3N2O6S. The minimum absolute atomic E-state index is 0.161. The molecule has 1 aliphatic rings. The number of nitrogens with zero attached hydrogens (tertiary/aromatic N) is 2. The predicted octanol–water partition coefficient (Wildman–Crippen LogP) is 4.34. The normalized spacial score (nSPS) is 16.5. The minimum atomic E-state index is -5.19. The monoisotopic (exact) mass is 530 g/mol. The molecule has 0 radical (unpaired) electrons. The summed E-state index contributed by atoms with van der Waals surface area (Å²) < 4.78 is 57.7. The molecule has 2 aromatic rings. The number of aryl methyl sites for hydroxylation is 1. The Hall–Kier alpha value is -2.70. The second kappa shape index (κ2) is 13.6. The van der Waals surface area contributed by atoms with Gasteiger partial charge < -0.3 is 18.9 Å². The highest BCUT2D eigenvalue weighted by Crippen LogP contribution is 2.25. The average Bonchev–Trinajstić information content (AvgIpc) is 3.30. The van der Waals surface area contributed by atoms with Crippen LogP contribution in [0.5, 0.6) is 10.8 Å². The van der Waals surface area contributed by atoms with Gasteiger partial charge in [-0.1, -0.05) is 30.4 Å². The molecule has 36 heavy (non-hydrogen) atoms. The van der Waals surface area contributed by atoms with E-state index >= 15 is 0 Å². The lowest BCUT2D eigenvalue weighted by Gasteiger charge is -2.33. The van der Waals surface area contributed by atoms with Gasteiger partial charge in [0.1, 0.15) is 5.75 Å². The first-order valence-electron chi connectivity index (χ1n) is 11.7. The van der Waals surface area contributed by atoms with E-state index in [1.807, 2.05) is 29.2 Å². The van der Waals surface area contributed by atoms with Crippen LogP contribution in [0, 0.1) is 0 Å². The quantitative estimate of drug-likeness (QED) is 0.228. The van der Waals surface area contributed by atoms with Crippen molar-refractivity contribution in [2.24, 2.45) is 0 Å². The van der Waals surface area contributed by atoms with Crippen molar-refractivity contribution >= 4 is 23.3 Å². The number of aromatic nitrogens is 1. The number of carbonyl (C=O) groups excluding carboxylic acids is 2. The van der Waals surface area contributed by atoms with Gasteiger partial charge in [-0.15, -0.1) is 0 Å². The standard InChI is InChI=1S/C24H29F3N2O6S/c1-2-4-20-28-15-22(36-20)34-13-3-12-32-18-7-5-17(6-8-18)19-16-29(11-14-33-19)10-9-21(30)35-23(31)24(25,26)27/h5-8,15,19H,2-4,9-14,16H2,1H3. The maximum Gasteiger partial charge on any atom is 0.491 e. The Balaban J connectivity index is 1.35. The summed E-state index contributed by atoms with van der Waals surface area (Å²) in [5.41, 5.74) is 0.915. The third-order valence-corrected chi connectivity index (χ3v) is 6.24. The molecule has 0 amide bonds. The van der Waals surface area contributed by atoms with Crippen molar-refractivity contribution in [2.75, 3.05) is 39.5 Å². The van der Waals surface area contributed by atoms with Crippen molar-refractivity contribution in [3.63, 3.8) is 0 Å². The van der Waals surface area contributed by atoms with E-state index in [0.29, 0.717) is 38.7 Å². The minimum Gasteiger partial charge on any atom is -0.493 e. The van der Waals surface area contributed by atoms with Crippen LogP contribution in [0.3, 0.4) is 0 Å². The molecule has 0 aliphatic carbocycles. The molecule has 12 heteroatoms. The fourth-order valence-electron chi connectivity index (χ4n) is 3.46. The second-order valence-corrected chi connectivity index (χ2v) is 9.19. The molecule has 0 bridgehead atoms. The van der Waals surface area contributed by atoms with Gasteiger partial charge in [-0.2, -0.15) is 13.2 Å². The number of morpholine rings is 1. The summed E-state index contributed by atoms with van der Waals surface area (Å²) in [5, 5.41) is 1.89. The first-order chi connectivity index (χ1) is 17.2. The summed E-state index contributed by atoms with van der Waals surface area (Å²) in [6, 6.07) is 7.48. The van der Waals surface area contributed by atoms with Crippen LogP contribution in [0.2, 0.25) is 0 Å². The average molecular weight is 531 g/mol. The largest absolute Gasteiger partial charge is 0.493 e. The van der Waals surface area contributed by atoms with Crippen LogP contribution >= 0.6 is 11.3 Å². The number of halogens is 3. The molecule has 1 atom stereocenters.